The van der Waals surface area contributed by atoms with Crippen molar-refractivity contribution in [3.05, 3.63) is 35.4 Å². The Morgan fingerprint density at radius 2 is 2.05 bits per heavy atom. The molecule has 0 bridgehead atoms. The first-order chi connectivity index (χ1) is 9.70. The van der Waals surface area contributed by atoms with Crippen LogP contribution in [0.15, 0.2) is 24.3 Å². The Labute approximate surface area is 118 Å². The summed E-state index contributed by atoms with van der Waals surface area (Å²) in [6, 6.07) is 8.06. The minimum absolute atomic E-state index is 0.0664. The van der Waals surface area contributed by atoms with Crippen molar-refractivity contribution < 1.29 is 14.3 Å². The average Bonchev–Trinajstić information content (AvgIpc) is 2.64. The average molecular weight is 273 g/mol. The summed E-state index contributed by atoms with van der Waals surface area (Å²) in [7, 11) is 1.41. The molecule has 1 fully saturated rings. The molecule has 0 spiro atoms. The highest BCUT2D eigenvalue weighted by molar-refractivity contribution is 5.96. The molecule has 0 aliphatic carbocycles. The number of carbonyl (C=O) groups excluding carboxylic acids is 2. The van der Waals surface area contributed by atoms with Crippen molar-refractivity contribution in [1.82, 2.24) is 4.90 Å². The smallest absolute Gasteiger partial charge is 0.310 e. The molecule has 2 aliphatic rings. The number of ether oxygens (including phenoxy) is 1. The highest BCUT2D eigenvalue weighted by Crippen LogP contribution is 2.31. The van der Waals surface area contributed by atoms with E-state index in [1.54, 1.807) is 0 Å². The zero-order valence-corrected chi connectivity index (χ0v) is 11.7. The number of amides is 1. The molecule has 3 rings (SSSR count). The summed E-state index contributed by atoms with van der Waals surface area (Å²) in [5.74, 6) is -0.309. The first-order valence-corrected chi connectivity index (χ1v) is 7.17. The molecule has 4 heteroatoms. The summed E-state index contributed by atoms with van der Waals surface area (Å²) >= 11 is 0. The quantitative estimate of drug-likeness (QED) is 0.735. The van der Waals surface area contributed by atoms with Gasteiger partial charge >= 0.3 is 5.97 Å². The van der Waals surface area contributed by atoms with Crippen molar-refractivity contribution in [3.8, 4) is 0 Å². The van der Waals surface area contributed by atoms with E-state index in [-0.39, 0.29) is 23.8 Å². The Bertz CT molecular complexity index is 540. The summed E-state index contributed by atoms with van der Waals surface area (Å²) in [6.07, 6.45) is 3.62. The predicted molar refractivity (Wildman–Crippen MR) is 74.3 cm³/mol. The lowest BCUT2D eigenvalue weighted by Gasteiger charge is -2.37. The van der Waals surface area contributed by atoms with Gasteiger partial charge in [-0.3, -0.25) is 9.59 Å². The molecular weight excluding hydrogens is 254 g/mol. The second kappa shape index (κ2) is 5.27. The Kier molecular flexibility index (Phi) is 3.47. The molecule has 0 N–H and O–H groups in total. The molecule has 2 atom stereocenters. The summed E-state index contributed by atoms with van der Waals surface area (Å²) < 4.78 is 4.83. The molecule has 2 unspecified atom stereocenters. The van der Waals surface area contributed by atoms with Crippen LogP contribution in [0.2, 0.25) is 0 Å². The summed E-state index contributed by atoms with van der Waals surface area (Å²) in [4.78, 5) is 26.3. The van der Waals surface area contributed by atoms with Crippen molar-refractivity contribution in [2.75, 3.05) is 13.7 Å². The van der Waals surface area contributed by atoms with Crippen LogP contribution >= 0.6 is 0 Å². The van der Waals surface area contributed by atoms with Crippen LogP contribution in [-0.4, -0.2) is 36.5 Å². The van der Waals surface area contributed by atoms with E-state index in [1.807, 2.05) is 29.2 Å². The maximum atomic E-state index is 12.7. The fourth-order valence-electron chi connectivity index (χ4n) is 3.36. The van der Waals surface area contributed by atoms with Gasteiger partial charge in [0, 0.05) is 18.2 Å². The Morgan fingerprint density at radius 3 is 2.85 bits per heavy atom. The SMILES string of the molecule is COC(=O)C1CCC2CCc3ccccc3C(=O)N2C1. The summed E-state index contributed by atoms with van der Waals surface area (Å²) in [5, 5.41) is 0. The minimum atomic E-state index is -0.200. The maximum Gasteiger partial charge on any atom is 0.310 e. The van der Waals surface area contributed by atoms with Gasteiger partial charge in [0.2, 0.25) is 0 Å². The second-order valence-electron chi connectivity index (χ2n) is 5.60. The van der Waals surface area contributed by atoms with Gasteiger partial charge in [-0.25, -0.2) is 0 Å². The largest absolute Gasteiger partial charge is 0.469 e. The molecule has 0 radical (unpaired) electrons. The Morgan fingerprint density at radius 1 is 1.25 bits per heavy atom. The third kappa shape index (κ3) is 2.19. The molecule has 1 saturated heterocycles. The maximum absolute atomic E-state index is 12.7. The van der Waals surface area contributed by atoms with Crippen LogP contribution in [0.1, 0.15) is 35.2 Å². The molecule has 2 aliphatic heterocycles. The molecule has 1 aromatic rings. The van der Waals surface area contributed by atoms with Gasteiger partial charge in [-0.05, 0) is 37.3 Å². The van der Waals surface area contributed by atoms with E-state index in [0.29, 0.717) is 6.54 Å². The Balaban J connectivity index is 1.88. The van der Waals surface area contributed by atoms with Crippen LogP contribution in [0.25, 0.3) is 0 Å². The molecule has 0 aromatic heterocycles. The molecule has 4 nitrogen and oxygen atoms in total. The number of esters is 1. The predicted octanol–water partition coefficient (Wildman–Crippen LogP) is 2.03. The first kappa shape index (κ1) is 13.2. The lowest BCUT2D eigenvalue weighted by molar-refractivity contribution is -0.147. The first-order valence-electron chi connectivity index (χ1n) is 7.17. The number of hydrogen-bond acceptors (Lipinski definition) is 3. The monoisotopic (exact) mass is 273 g/mol. The van der Waals surface area contributed by atoms with Crippen LogP contribution in [0.4, 0.5) is 0 Å². The number of rotatable bonds is 1. The Hall–Kier alpha value is -1.84. The van der Waals surface area contributed by atoms with Crippen LogP contribution in [0, 0.1) is 5.92 Å². The number of methoxy groups -OCH3 is 1. The van der Waals surface area contributed by atoms with Gasteiger partial charge in [0.05, 0.1) is 13.0 Å². The third-order valence-electron chi connectivity index (χ3n) is 4.50. The van der Waals surface area contributed by atoms with E-state index >= 15 is 0 Å². The molecule has 106 valence electrons. The van der Waals surface area contributed by atoms with Gasteiger partial charge in [-0.1, -0.05) is 18.2 Å². The topological polar surface area (TPSA) is 46.6 Å². The standard InChI is InChI=1S/C16H19NO3/c1-20-16(19)12-7-9-13-8-6-11-4-2-3-5-14(11)15(18)17(13)10-12/h2-5,12-13H,6-10H2,1H3. The van der Waals surface area contributed by atoms with Crippen LogP contribution in [0.3, 0.4) is 0 Å². The zero-order valence-electron chi connectivity index (χ0n) is 11.7. The highest BCUT2D eigenvalue weighted by atomic mass is 16.5. The molecule has 2 heterocycles. The van der Waals surface area contributed by atoms with Crippen LogP contribution < -0.4 is 0 Å². The van der Waals surface area contributed by atoms with E-state index in [2.05, 4.69) is 0 Å². The van der Waals surface area contributed by atoms with E-state index in [9.17, 15) is 9.59 Å². The van der Waals surface area contributed by atoms with Gasteiger partial charge in [0.1, 0.15) is 0 Å². The highest BCUT2D eigenvalue weighted by Gasteiger charge is 2.37. The van der Waals surface area contributed by atoms with Crippen LogP contribution in [-0.2, 0) is 16.0 Å². The zero-order chi connectivity index (χ0) is 14.1. The van der Waals surface area contributed by atoms with Crippen molar-refractivity contribution in [3.63, 3.8) is 0 Å². The molecule has 0 saturated carbocycles. The van der Waals surface area contributed by atoms with E-state index in [4.69, 9.17) is 4.74 Å². The van der Waals surface area contributed by atoms with Crippen molar-refractivity contribution in [1.29, 1.82) is 0 Å². The normalized spacial score (nSPS) is 25.4. The summed E-state index contributed by atoms with van der Waals surface area (Å²) in [6.45, 7) is 0.491. The lowest BCUT2D eigenvalue weighted by atomic mass is 9.91. The lowest BCUT2D eigenvalue weighted by Crippen LogP contribution is -2.48. The van der Waals surface area contributed by atoms with Crippen molar-refractivity contribution in [2.45, 2.75) is 31.7 Å². The fraction of sp³-hybridized carbons (Fsp3) is 0.500. The second-order valence-corrected chi connectivity index (χ2v) is 5.60. The number of carbonyl (C=O) groups is 2. The van der Waals surface area contributed by atoms with E-state index < -0.39 is 0 Å². The van der Waals surface area contributed by atoms with E-state index in [1.165, 1.54) is 7.11 Å². The number of benzene rings is 1. The van der Waals surface area contributed by atoms with Gasteiger partial charge in [0.25, 0.3) is 5.91 Å². The van der Waals surface area contributed by atoms with Gasteiger partial charge in [-0.15, -0.1) is 0 Å². The fourth-order valence-corrected chi connectivity index (χ4v) is 3.36. The number of hydrogen-bond donors (Lipinski definition) is 0. The molecule has 1 amide bonds. The van der Waals surface area contributed by atoms with Crippen molar-refractivity contribution in [2.24, 2.45) is 5.92 Å². The van der Waals surface area contributed by atoms with Gasteiger partial charge in [0.15, 0.2) is 0 Å². The number of aryl methyl sites for hydroxylation is 1. The number of piperidine rings is 1. The summed E-state index contributed by atoms with van der Waals surface area (Å²) in [5.41, 5.74) is 1.92. The van der Waals surface area contributed by atoms with E-state index in [0.717, 1.165) is 36.8 Å². The van der Waals surface area contributed by atoms with Crippen LogP contribution in [0.5, 0.6) is 0 Å². The molecular formula is C16H19NO3. The molecule has 1 aromatic carbocycles. The molecule has 20 heavy (non-hydrogen) atoms. The number of nitrogens with zero attached hydrogens (tertiary/aromatic N) is 1. The minimum Gasteiger partial charge on any atom is -0.469 e. The third-order valence-corrected chi connectivity index (χ3v) is 4.50. The number of fused-ring (bicyclic) bond motifs is 2. The van der Waals surface area contributed by atoms with Gasteiger partial charge < -0.3 is 9.64 Å². The van der Waals surface area contributed by atoms with Crippen molar-refractivity contribution >= 4 is 11.9 Å². The van der Waals surface area contributed by atoms with Gasteiger partial charge in [-0.2, -0.15) is 0 Å².